The Labute approximate surface area is 323 Å². The Morgan fingerprint density at radius 3 is 1.31 bits per heavy atom. The highest BCUT2D eigenvalue weighted by Gasteiger charge is 2.13. The zero-order chi connectivity index (χ0) is 37.7. The monoisotopic (exact) mass is 725 g/mol. The summed E-state index contributed by atoms with van der Waals surface area (Å²) in [6.45, 7) is 5.20. The molecule has 300 valence electrons. The maximum Gasteiger partial charge on any atom is 0.306 e. The molecule has 4 nitrogen and oxygen atoms in total. The maximum atomic E-state index is 12.2. The van der Waals surface area contributed by atoms with Gasteiger partial charge in [-0.05, 0) is 83.5 Å². The van der Waals surface area contributed by atoms with Crippen molar-refractivity contribution >= 4 is 5.97 Å². The summed E-state index contributed by atoms with van der Waals surface area (Å²) >= 11 is 0. The van der Waals surface area contributed by atoms with Crippen LogP contribution >= 0.6 is 0 Å². The average molecular weight is 725 g/mol. The third-order valence-electron chi connectivity index (χ3n) is 9.27. The lowest BCUT2D eigenvalue weighted by Crippen LogP contribution is -2.27. The van der Waals surface area contributed by atoms with Gasteiger partial charge >= 0.3 is 5.97 Å². The molecule has 0 radical (unpaired) electrons. The van der Waals surface area contributed by atoms with E-state index in [1.807, 2.05) is 0 Å². The van der Waals surface area contributed by atoms with Gasteiger partial charge in [0, 0.05) is 13.0 Å². The Morgan fingerprint density at radius 2 is 0.865 bits per heavy atom. The van der Waals surface area contributed by atoms with E-state index < -0.39 is 6.10 Å². The lowest BCUT2D eigenvalue weighted by atomic mass is 10.1. The van der Waals surface area contributed by atoms with Gasteiger partial charge in [0.2, 0.25) is 0 Å². The minimum Gasteiger partial charge on any atom is -0.457 e. The molecular weight excluding hydrogens is 641 g/mol. The Morgan fingerprint density at radius 1 is 0.481 bits per heavy atom. The number of unbranched alkanes of at least 4 members (excludes halogenated alkanes) is 20. The summed E-state index contributed by atoms with van der Waals surface area (Å²) in [5.41, 5.74) is 0. The molecule has 0 aromatic heterocycles. The van der Waals surface area contributed by atoms with Gasteiger partial charge in [0.05, 0.1) is 13.2 Å². The molecule has 1 N–H and O–H groups in total. The van der Waals surface area contributed by atoms with Gasteiger partial charge in [0.1, 0.15) is 6.10 Å². The van der Waals surface area contributed by atoms with Gasteiger partial charge in [-0.1, -0.05) is 183 Å². The third-order valence-corrected chi connectivity index (χ3v) is 9.27. The van der Waals surface area contributed by atoms with Crippen LogP contribution in [0.4, 0.5) is 0 Å². The molecule has 0 aromatic rings. The van der Waals surface area contributed by atoms with E-state index in [-0.39, 0.29) is 19.2 Å². The summed E-state index contributed by atoms with van der Waals surface area (Å²) in [5, 5.41) is 9.61. The molecule has 0 saturated carbocycles. The fourth-order valence-electron chi connectivity index (χ4n) is 6.00. The number of rotatable bonds is 40. The van der Waals surface area contributed by atoms with Gasteiger partial charge in [-0.15, -0.1) is 0 Å². The van der Waals surface area contributed by atoms with E-state index in [0.29, 0.717) is 13.0 Å². The molecule has 0 spiro atoms. The largest absolute Gasteiger partial charge is 0.457 e. The molecule has 1 unspecified atom stereocenters. The van der Waals surface area contributed by atoms with Crippen LogP contribution in [0.3, 0.4) is 0 Å². The predicted octanol–water partition coefficient (Wildman–Crippen LogP) is 14.6. The van der Waals surface area contributed by atoms with Crippen molar-refractivity contribution in [2.45, 2.75) is 206 Å². The van der Waals surface area contributed by atoms with Crippen LogP contribution in [0.25, 0.3) is 0 Å². The van der Waals surface area contributed by atoms with Gasteiger partial charge in [-0.25, -0.2) is 0 Å². The zero-order valence-electron chi connectivity index (χ0n) is 34.3. The summed E-state index contributed by atoms with van der Waals surface area (Å²) in [7, 11) is 0. The molecule has 0 aliphatic heterocycles. The molecule has 0 fully saturated rings. The molecule has 4 heteroatoms. The molecule has 52 heavy (non-hydrogen) atoms. The SMILES string of the molecule is CC/C=C\C/C=C\C/C=C\C/C=C\CCCCCCCCCCCOCC(CO)OC(=O)CCCCCCCCC/C=C\C/C=C\CCCCCC. The van der Waals surface area contributed by atoms with Gasteiger partial charge in [-0.2, -0.15) is 0 Å². The molecule has 0 bridgehead atoms. The second-order valence-corrected chi connectivity index (χ2v) is 14.4. The number of esters is 1. The molecular formula is C48H84O4. The van der Waals surface area contributed by atoms with Crippen LogP contribution in [0.1, 0.15) is 200 Å². The molecule has 0 aromatic carbocycles. The zero-order valence-corrected chi connectivity index (χ0v) is 34.3. The van der Waals surface area contributed by atoms with Crippen molar-refractivity contribution in [3.05, 3.63) is 72.9 Å². The van der Waals surface area contributed by atoms with Gasteiger partial charge in [0.15, 0.2) is 0 Å². The number of ether oxygens (including phenoxy) is 2. The number of hydrogen-bond donors (Lipinski definition) is 1. The molecule has 0 rings (SSSR count). The Bertz CT molecular complexity index is 896. The minimum absolute atomic E-state index is 0.180. The van der Waals surface area contributed by atoms with Crippen molar-refractivity contribution < 1.29 is 19.4 Å². The lowest BCUT2D eigenvalue weighted by Gasteiger charge is -2.16. The van der Waals surface area contributed by atoms with E-state index in [9.17, 15) is 9.90 Å². The predicted molar refractivity (Wildman–Crippen MR) is 228 cm³/mol. The van der Waals surface area contributed by atoms with Crippen molar-refractivity contribution in [3.8, 4) is 0 Å². The summed E-state index contributed by atoms with van der Waals surface area (Å²) in [5.74, 6) is -0.212. The molecule has 0 saturated heterocycles. The number of aliphatic hydroxyl groups excluding tert-OH is 1. The summed E-state index contributed by atoms with van der Waals surface area (Å²) < 4.78 is 11.2. The van der Waals surface area contributed by atoms with Crippen molar-refractivity contribution in [2.75, 3.05) is 19.8 Å². The van der Waals surface area contributed by atoms with E-state index in [0.717, 1.165) is 51.4 Å². The van der Waals surface area contributed by atoms with E-state index in [2.05, 4.69) is 86.8 Å². The summed E-state index contributed by atoms with van der Waals surface area (Å²) in [6, 6.07) is 0. The number of carbonyl (C=O) groups excluding carboxylic acids is 1. The highest BCUT2D eigenvalue weighted by molar-refractivity contribution is 5.69. The molecule has 0 heterocycles. The van der Waals surface area contributed by atoms with E-state index in [4.69, 9.17) is 9.47 Å². The fraction of sp³-hybridized carbons (Fsp3) is 0.729. The molecule has 0 aliphatic rings. The van der Waals surface area contributed by atoms with Crippen LogP contribution in [0.5, 0.6) is 0 Å². The standard InChI is InChI=1S/C48H84O4/c1-3-5-7-9-11-13-15-17-19-21-23-24-25-26-28-30-32-34-36-38-40-42-44-51-46-47(45-49)52-48(50)43-41-39-37-35-33-31-29-27-22-20-18-16-14-12-10-8-6-4-2/h5,7,11,13-14,16-17,19-20,22-24,47,49H,3-4,6,8-10,12,15,18,21,25-46H2,1-2H3/b7-5-,13-11-,16-14-,19-17-,22-20-,24-23-. The first kappa shape index (κ1) is 49.8. The Balaban J connectivity index is 3.47. The first-order chi connectivity index (χ1) is 25.7. The van der Waals surface area contributed by atoms with Crippen molar-refractivity contribution in [2.24, 2.45) is 0 Å². The van der Waals surface area contributed by atoms with Gasteiger partial charge in [-0.3, -0.25) is 4.79 Å². The first-order valence-electron chi connectivity index (χ1n) is 22.0. The van der Waals surface area contributed by atoms with Crippen LogP contribution in [-0.4, -0.2) is 37.0 Å². The number of aliphatic hydroxyl groups is 1. The Kier molecular flexibility index (Phi) is 43.1. The highest BCUT2D eigenvalue weighted by Crippen LogP contribution is 2.13. The van der Waals surface area contributed by atoms with Crippen LogP contribution < -0.4 is 0 Å². The Hall–Kier alpha value is -2.17. The summed E-state index contributed by atoms with van der Waals surface area (Å²) in [4.78, 5) is 12.2. The number of carbonyl (C=O) groups is 1. The van der Waals surface area contributed by atoms with E-state index in [1.54, 1.807) is 0 Å². The lowest BCUT2D eigenvalue weighted by molar-refractivity contribution is -0.154. The quantitative estimate of drug-likeness (QED) is 0.0388. The van der Waals surface area contributed by atoms with Crippen molar-refractivity contribution in [1.29, 1.82) is 0 Å². The fourth-order valence-corrected chi connectivity index (χ4v) is 6.00. The summed E-state index contributed by atoms with van der Waals surface area (Å²) in [6.07, 6.45) is 61.0. The van der Waals surface area contributed by atoms with Crippen molar-refractivity contribution in [1.82, 2.24) is 0 Å². The third kappa shape index (κ3) is 42.2. The van der Waals surface area contributed by atoms with Crippen LogP contribution in [-0.2, 0) is 14.3 Å². The molecule has 0 amide bonds. The normalized spacial score (nSPS) is 13.1. The number of allylic oxidation sites excluding steroid dienone is 12. The van der Waals surface area contributed by atoms with E-state index in [1.165, 1.54) is 128 Å². The smallest absolute Gasteiger partial charge is 0.306 e. The molecule has 0 aliphatic carbocycles. The second-order valence-electron chi connectivity index (χ2n) is 14.4. The first-order valence-corrected chi connectivity index (χ1v) is 22.0. The van der Waals surface area contributed by atoms with Gasteiger partial charge in [0.25, 0.3) is 0 Å². The highest BCUT2D eigenvalue weighted by atomic mass is 16.6. The molecule has 1 atom stereocenters. The van der Waals surface area contributed by atoms with Crippen LogP contribution in [0.15, 0.2) is 72.9 Å². The topological polar surface area (TPSA) is 55.8 Å². The van der Waals surface area contributed by atoms with Crippen molar-refractivity contribution in [3.63, 3.8) is 0 Å². The van der Waals surface area contributed by atoms with Crippen LogP contribution in [0, 0.1) is 0 Å². The number of hydrogen-bond acceptors (Lipinski definition) is 4. The van der Waals surface area contributed by atoms with E-state index >= 15 is 0 Å². The minimum atomic E-state index is -0.545. The second kappa shape index (κ2) is 45.0. The maximum absolute atomic E-state index is 12.2. The average Bonchev–Trinajstić information content (AvgIpc) is 3.15. The van der Waals surface area contributed by atoms with Gasteiger partial charge < -0.3 is 14.6 Å². The van der Waals surface area contributed by atoms with Crippen LogP contribution in [0.2, 0.25) is 0 Å².